The summed E-state index contributed by atoms with van der Waals surface area (Å²) in [5, 5.41) is 14.8. The van der Waals surface area contributed by atoms with Gasteiger partial charge in [0.05, 0.1) is 24.0 Å². The molecule has 2 rings (SSSR count). The van der Waals surface area contributed by atoms with E-state index >= 15 is 0 Å². The van der Waals surface area contributed by atoms with E-state index in [9.17, 15) is 14.7 Å². The fourth-order valence-corrected chi connectivity index (χ4v) is 3.59. The van der Waals surface area contributed by atoms with E-state index in [4.69, 9.17) is 0 Å². The monoisotopic (exact) mass is 348 g/mol. The SMILES string of the molecule is CC(C)Cc1ncc(NC(=O)NC(C)[C@@H]2C[C@H](C(=O)O)C2(C)C)cn1. The molecule has 0 aromatic carbocycles. The Morgan fingerprint density at radius 1 is 1.28 bits per heavy atom. The van der Waals surface area contributed by atoms with E-state index in [1.807, 2.05) is 20.8 Å². The number of rotatable bonds is 6. The van der Waals surface area contributed by atoms with E-state index in [1.54, 1.807) is 12.4 Å². The fourth-order valence-electron chi connectivity index (χ4n) is 3.59. The van der Waals surface area contributed by atoms with Crippen LogP contribution in [0.5, 0.6) is 0 Å². The lowest BCUT2D eigenvalue weighted by Gasteiger charge is -2.52. The Balaban J connectivity index is 1.87. The van der Waals surface area contributed by atoms with Crippen LogP contribution in [-0.2, 0) is 11.2 Å². The summed E-state index contributed by atoms with van der Waals surface area (Å²) in [5.41, 5.74) is 0.202. The van der Waals surface area contributed by atoms with Crippen LogP contribution in [0.25, 0.3) is 0 Å². The molecule has 0 bridgehead atoms. The molecule has 3 N–H and O–H groups in total. The van der Waals surface area contributed by atoms with Crippen LogP contribution >= 0.6 is 0 Å². The van der Waals surface area contributed by atoms with Gasteiger partial charge in [0.1, 0.15) is 5.82 Å². The number of hydrogen-bond acceptors (Lipinski definition) is 4. The number of nitrogens with one attached hydrogen (secondary N) is 2. The van der Waals surface area contributed by atoms with Crippen molar-refractivity contribution in [2.45, 2.75) is 53.5 Å². The third-order valence-corrected chi connectivity index (χ3v) is 5.16. The van der Waals surface area contributed by atoms with Crippen molar-refractivity contribution in [1.29, 1.82) is 0 Å². The zero-order valence-corrected chi connectivity index (χ0v) is 15.5. The molecule has 1 aliphatic rings. The molecular weight excluding hydrogens is 320 g/mol. The van der Waals surface area contributed by atoms with Gasteiger partial charge in [0, 0.05) is 12.5 Å². The standard InChI is InChI=1S/C18H28N4O3/c1-10(2)6-15-19-8-12(9-20-15)22-17(25)21-11(3)13-7-14(16(23)24)18(13,4)5/h8-11,13-14H,6-7H2,1-5H3,(H,23,24)(H2,21,22,25)/t11?,13-,14+/m0/s1. The van der Waals surface area contributed by atoms with Gasteiger partial charge in [0.25, 0.3) is 0 Å². The van der Waals surface area contributed by atoms with Crippen molar-refractivity contribution in [2.75, 3.05) is 5.32 Å². The highest BCUT2D eigenvalue weighted by Gasteiger charge is 2.53. The molecule has 1 aromatic rings. The molecule has 1 aliphatic carbocycles. The largest absolute Gasteiger partial charge is 0.481 e. The molecule has 25 heavy (non-hydrogen) atoms. The Labute approximate surface area is 148 Å². The van der Waals surface area contributed by atoms with E-state index in [2.05, 4.69) is 34.4 Å². The highest BCUT2D eigenvalue weighted by Crippen LogP contribution is 2.52. The Hall–Kier alpha value is -2.18. The number of anilines is 1. The third-order valence-electron chi connectivity index (χ3n) is 5.16. The first-order valence-corrected chi connectivity index (χ1v) is 8.72. The summed E-state index contributed by atoms with van der Waals surface area (Å²) < 4.78 is 0. The van der Waals surface area contributed by atoms with Gasteiger partial charge in [0.15, 0.2) is 0 Å². The quantitative estimate of drug-likeness (QED) is 0.733. The maximum Gasteiger partial charge on any atom is 0.319 e. The van der Waals surface area contributed by atoms with Gasteiger partial charge in [0.2, 0.25) is 0 Å². The number of hydrogen-bond donors (Lipinski definition) is 3. The maximum absolute atomic E-state index is 12.2. The summed E-state index contributed by atoms with van der Waals surface area (Å²) in [6.07, 6.45) is 4.58. The van der Waals surface area contributed by atoms with Gasteiger partial charge in [-0.1, -0.05) is 27.7 Å². The lowest BCUT2D eigenvalue weighted by Crippen LogP contribution is -2.57. The number of carbonyl (C=O) groups is 2. The molecule has 138 valence electrons. The van der Waals surface area contributed by atoms with Crippen LogP contribution in [0.4, 0.5) is 10.5 Å². The van der Waals surface area contributed by atoms with Crippen molar-refractivity contribution in [3.63, 3.8) is 0 Å². The highest BCUT2D eigenvalue weighted by atomic mass is 16.4. The molecule has 7 heteroatoms. The Morgan fingerprint density at radius 2 is 1.88 bits per heavy atom. The average molecular weight is 348 g/mol. The van der Waals surface area contributed by atoms with Crippen LogP contribution in [0.3, 0.4) is 0 Å². The summed E-state index contributed by atoms with van der Waals surface area (Å²) in [4.78, 5) is 31.9. The van der Waals surface area contributed by atoms with E-state index in [1.165, 1.54) is 0 Å². The highest BCUT2D eigenvalue weighted by molar-refractivity contribution is 5.89. The number of carboxylic acids is 1. The van der Waals surface area contributed by atoms with Crippen molar-refractivity contribution < 1.29 is 14.7 Å². The van der Waals surface area contributed by atoms with Gasteiger partial charge in [-0.25, -0.2) is 14.8 Å². The Bertz CT molecular complexity index is 628. The van der Waals surface area contributed by atoms with Crippen LogP contribution in [0.2, 0.25) is 0 Å². The zero-order chi connectivity index (χ0) is 18.8. The molecule has 1 aromatic heterocycles. The third kappa shape index (κ3) is 4.46. The van der Waals surface area contributed by atoms with E-state index in [0.29, 0.717) is 18.0 Å². The van der Waals surface area contributed by atoms with E-state index in [-0.39, 0.29) is 29.3 Å². The number of carboxylic acid groups (broad SMARTS) is 1. The van der Waals surface area contributed by atoms with Crippen molar-refractivity contribution in [2.24, 2.45) is 23.2 Å². The summed E-state index contributed by atoms with van der Waals surface area (Å²) in [6, 6.07) is -0.450. The smallest absolute Gasteiger partial charge is 0.319 e. The van der Waals surface area contributed by atoms with E-state index in [0.717, 1.165) is 12.2 Å². The summed E-state index contributed by atoms with van der Waals surface area (Å²) >= 11 is 0. The molecule has 1 fully saturated rings. The summed E-state index contributed by atoms with van der Waals surface area (Å²) in [6.45, 7) is 9.99. The molecule has 0 saturated heterocycles. The maximum atomic E-state index is 12.2. The van der Waals surface area contributed by atoms with Gasteiger partial charge in [-0.3, -0.25) is 4.79 Å². The van der Waals surface area contributed by atoms with Gasteiger partial charge in [-0.15, -0.1) is 0 Å². The lowest BCUT2D eigenvalue weighted by atomic mass is 9.53. The van der Waals surface area contributed by atoms with Crippen molar-refractivity contribution in [3.8, 4) is 0 Å². The lowest BCUT2D eigenvalue weighted by molar-refractivity contribution is -0.160. The van der Waals surface area contributed by atoms with Gasteiger partial charge < -0.3 is 15.7 Å². The number of aromatic nitrogens is 2. The van der Waals surface area contributed by atoms with Crippen molar-refractivity contribution in [1.82, 2.24) is 15.3 Å². The summed E-state index contributed by atoms with van der Waals surface area (Å²) in [7, 11) is 0. The second kappa shape index (κ2) is 7.37. The molecule has 2 amide bonds. The van der Waals surface area contributed by atoms with Crippen molar-refractivity contribution >= 4 is 17.7 Å². The van der Waals surface area contributed by atoms with Crippen LogP contribution in [0.1, 0.15) is 46.9 Å². The molecule has 1 heterocycles. The number of aliphatic carboxylic acids is 1. The predicted molar refractivity (Wildman–Crippen MR) is 95.2 cm³/mol. The molecule has 3 atom stereocenters. The topological polar surface area (TPSA) is 104 Å². The number of nitrogens with zero attached hydrogens (tertiary/aromatic N) is 2. The zero-order valence-electron chi connectivity index (χ0n) is 15.5. The van der Waals surface area contributed by atoms with Crippen LogP contribution in [0, 0.1) is 23.2 Å². The minimum Gasteiger partial charge on any atom is -0.481 e. The van der Waals surface area contributed by atoms with Gasteiger partial charge in [-0.2, -0.15) is 0 Å². The Morgan fingerprint density at radius 3 is 2.36 bits per heavy atom. The molecule has 1 unspecified atom stereocenters. The van der Waals surface area contributed by atoms with Crippen LogP contribution in [0.15, 0.2) is 12.4 Å². The van der Waals surface area contributed by atoms with Crippen LogP contribution < -0.4 is 10.6 Å². The van der Waals surface area contributed by atoms with E-state index < -0.39 is 5.97 Å². The normalized spacial score (nSPS) is 22.8. The second-order valence-corrected chi connectivity index (χ2v) is 7.93. The average Bonchev–Trinajstić information content (AvgIpc) is 2.47. The molecule has 1 saturated carbocycles. The first-order valence-electron chi connectivity index (χ1n) is 8.72. The molecule has 0 spiro atoms. The molecule has 7 nitrogen and oxygen atoms in total. The fraction of sp³-hybridized carbons (Fsp3) is 0.667. The van der Waals surface area contributed by atoms with Gasteiger partial charge in [-0.05, 0) is 30.6 Å². The minimum atomic E-state index is -0.767. The molecule has 0 aliphatic heterocycles. The second-order valence-electron chi connectivity index (χ2n) is 7.93. The van der Waals surface area contributed by atoms with Crippen molar-refractivity contribution in [3.05, 3.63) is 18.2 Å². The van der Waals surface area contributed by atoms with Gasteiger partial charge >= 0.3 is 12.0 Å². The predicted octanol–water partition coefficient (Wildman–Crippen LogP) is 2.93. The molecule has 0 radical (unpaired) electrons. The first kappa shape index (κ1) is 19.1. The van der Waals surface area contributed by atoms with Crippen LogP contribution in [-0.4, -0.2) is 33.1 Å². The number of amides is 2. The minimum absolute atomic E-state index is 0.119. The summed E-state index contributed by atoms with van der Waals surface area (Å²) in [5.74, 6) is 0.237. The first-order chi connectivity index (χ1) is 11.6. The Kier molecular flexibility index (Phi) is 5.65. The molecular formula is C18H28N4O3. The number of urea groups is 1. The number of carbonyl (C=O) groups excluding carboxylic acids is 1.